The summed E-state index contributed by atoms with van der Waals surface area (Å²) in [5.41, 5.74) is 7.89. The smallest absolute Gasteiger partial charge is 0.0503 e. The van der Waals surface area contributed by atoms with Crippen molar-refractivity contribution in [2.45, 2.75) is 0 Å². The van der Waals surface area contributed by atoms with E-state index in [0.29, 0.717) is 0 Å². The minimum absolute atomic E-state index is 0.878. The first-order valence-electron chi connectivity index (χ1n) is 4.08. The first-order chi connectivity index (χ1) is 6.34. The molecule has 0 saturated carbocycles. The van der Waals surface area contributed by atoms with Crippen LogP contribution in [0.3, 0.4) is 0 Å². The number of nitrogens with one attached hydrogen (secondary N) is 1. The first-order valence-corrected chi connectivity index (χ1v) is 4.96. The number of aromatic amines is 1. The Kier molecular flexibility index (Phi) is 1.21. The van der Waals surface area contributed by atoms with Gasteiger partial charge in [-0.2, -0.15) is 0 Å². The minimum Gasteiger partial charge on any atom is -0.398 e. The number of aromatic nitrogens is 1. The highest BCUT2D eigenvalue weighted by Crippen LogP contribution is 2.31. The molecule has 0 aliphatic heterocycles. The van der Waals surface area contributed by atoms with Gasteiger partial charge in [0, 0.05) is 32.6 Å². The minimum atomic E-state index is 0.878. The zero-order chi connectivity index (χ0) is 8.84. The largest absolute Gasteiger partial charge is 0.398 e. The molecule has 0 unspecified atom stereocenters. The van der Waals surface area contributed by atoms with Crippen molar-refractivity contribution in [1.29, 1.82) is 0 Å². The lowest BCUT2D eigenvalue weighted by Crippen LogP contribution is -1.79. The monoisotopic (exact) mass is 188 g/mol. The highest BCUT2D eigenvalue weighted by molar-refractivity contribution is 7.17. The molecule has 3 rings (SSSR count). The van der Waals surface area contributed by atoms with Gasteiger partial charge in [0.25, 0.3) is 0 Å². The van der Waals surface area contributed by atoms with Gasteiger partial charge in [-0.25, -0.2) is 0 Å². The van der Waals surface area contributed by atoms with Crippen LogP contribution in [0.15, 0.2) is 29.8 Å². The van der Waals surface area contributed by atoms with E-state index in [0.717, 1.165) is 11.1 Å². The van der Waals surface area contributed by atoms with E-state index in [4.69, 9.17) is 5.73 Å². The summed E-state index contributed by atoms with van der Waals surface area (Å²) >= 11 is 1.69. The van der Waals surface area contributed by atoms with Gasteiger partial charge < -0.3 is 10.7 Å². The van der Waals surface area contributed by atoms with Crippen LogP contribution in [-0.4, -0.2) is 4.98 Å². The third kappa shape index (κ3) is 0.876. The highest BCUT2D eigenvalue weighted by atomic mass is 32.1. The van der Waals surface area contributed by atoms with Crippen molar-refractivity contribution in [2.24, 2.45) is 0 Å². The van der Waals surface area contributed by atoms with Crippen LogP contribution in [0.2, 0.25) is 0 Å². The molecule has 3 heteroatoms. The standard InChI is InChI=1S/C10H8N2S/c11-8-5-13-10-4-9-6(1-2-12-9)3-7(8)10/h1-5,12H,11H2. The fourth-order valence-electron chi connectivity index (χ4n) is 1.59. The van der Waals surface area contributed by atoms with Crippen LogP contribution in [0.1, 0.15) is 0 Å². The molecular weight excluding hydrogens is 180 g/mol. The lowest BCUT2D eigenvalue weighted by molar-refractivity contribution is 1.48. The lowest BCUT2D eigenvalue weighted by atomic mass is 10.2. The van der Waals surface area contributed by atoms with Gasteiger partial charge >= 0.3 is 0 Å². The van der Waals surface area contributed by atoms with Crippen LogP contribution >= 0.6 is 11.3 Å². The second kappa shape index (κ2) is 2.26. The summed E-state index contributed by atoms with van der Waals surface area (Å²) in [6, 6.07) is 6.34. The molecule has 0 saturated heterocycles. The molecule has 2 aromatic heterocycles. The van der Waals surface area contributed by atoms with Crippen molar-refractivity contribution in [1.82, 2.24) is 4.98 Å². The van der Waals surface area contributed by atoms with E-state index in [1.807, 2.05) is 11.6 Å². The van der Waals surface area contributed by atoms with Crippen LogP contribution in [0, 0.1) is 0 Å². The fraction of sp³-hybridized carbons (Fsp3) is 0. The van der Waals surface area contributed by atoms with Gasteiger partial charge in [0.2, 0.25) is 0 Å². The zero-order valence-electron chi connectivity index (χ0n) is 6.87. The molecule has 0 amide bonds. The summed E-state index contributed by atoms with van der Waals surface area (Å²) in [6.45, 7) is 0. The average Bonchev–Trinajstić information content (AvgIpc) is 2.70. The molecule has 0 fully saturated rings. The van der Waals surface area contributed by atoms with Crippen molar-refractivity contribution in [2.75, 3.05) is 5.73 Å². The van der Waals surface area contributed by atoms with E-state index in [1.165, 1.54) is 15.6 Å². The maximum absolute atomic E-state index is 5.84. The summed E-state index contributed by atoms with van der Waals surface area (Å²) in [7, 11) is 0. The summed E-state index contributed by atoms with van der Waals surface area (Å²) in [5, 5.41) is 4.37. The number of anilines is 1. The molecule has 0 spiro atoms. The van der Waals surface area contributed by atoms with Crippen LogP contribution in [0.4, 0.5) is 5.69 Å². The summed E-state index contributed by atoms with van der Waals surface area (Å²) < 4.78 is 1.24. The molecule has 2 heterocycles. The third-order valence-electron chi connectivity index (χ3n) is 2.28. The van der Waals surface area contributed by atoms with E-state index in [-0.39, 0.29) is 0 Å². The number of thiophene rings is 1. The van der Waals surface area contributed by atoms with Crippen molar-refractivity contribution in [3.8, 4) is 0 Å². The molecule has 0 radical (unpaired) electrons. The summed E-state index contributed by atoms with van der Waals surface area (Å²) in [5.74, 6) is 0. The molecule has 0 aliphatic carbocycles. The molecule has 64 valence electrons. The molecule has 0 atom stereocenters. The average molecular weight is 188 g/mol. The molecule has 2 nitrogen and oxygen atoms in total. The van der Waals surface area contributed by atoms with Gasteiger partial charge in [0.15, 0.2) is 0 Å². The van der Waals surface area contributed by atoms with Crippen LogP contribution in [0.5, 0.6) is 0 Å². The predicted octanol–water partition coefficient (Wildman–Crippen LogP) is 2.96. The molecule has 1 aromatic carbocycles. The van der Waals surface area contributed by atoms with E-state index < -0.39 is 0 Å². The summed E-state index contributed by atoms with van der Waals surface area (Å²) in [6.07, 6.45) is 1.95. The molecule has 0 bridgehead atoms. The Labute approximate surface area is 79.0 Å². The fourth-order valence-corrected chi connectivity index (χ4v) is 2.46. The second-order valence-corrected chi connectivity index (χ2v) is 4.02. The SMILES string of the molecule is Nc1csc2cc3[nH]ccc3cc12. The van der Waals surface area contributed by atoms with Crippen molar-refractivity contribution in [3.05, 3.63) is 29.8 Å². The maximum Gasteiger partial charge on any atom is 0.0503 e. The van der Waals surface area contributed by atoms with E-state index in [9.17, 15) is 0 Å². The number of benzene rings is 1. The molecule has 13 heavy (non-hydrogen) atoms. The van der Waals surface area contributed by atoms with Crippen molar-refractivity contribution < 1.29 is 0 Å². The highest BCUT2D eigenvalue weighted by Gasteiger charge is 2.02. The van der Waals surface area contributed by atoms with Crippen LogP contribution in [-0.2, 0) is 0 Å². The Morgan fingerprint density at radius 3 is 3.15 bits per heavy atom. The van der Waals surface area contributed by atoms with Gasteiger partial charge in [0.05, 0.1) is 5.69 Å². The number of nitrogens with two attached hydrogens (primary N) is 1. The Balaban J connectivity index is 2.59. The number of hydrogen-bond acceptors (Lipinski definition) is 2. The Hall–Kier alpha value is -1.48. The van der Waals surface area contributed by atoms with E-state index in [2.05, 4.69) is 23.2 Å². The quantitative estimate of drug-likeness (QED) is 0.559. The Morgan fingerprint density at radius 2 is 2.23 bits per heavy atom. The van der Waals surface area contributed by atoms with Crippen molar-refractivity contribution in [3.63, 3.8) is 0 Å². The van der Waals surface area contributed by atoms with Crippen LogP contribution < -0.4 is 5.73 Å². The molecule has 3 N–H and O–H groups in total. The Bertz CT molecular complexity index is 577. The molecule has 0 aliphatic rings. The lowest BCUT2D eigenvalue weighted by Gasteiger charge is -1.92. The van der Waals surface area contributed by atoms with E-state index >= 15 is 0 Å². The number of fused-ring (bicyclic) bond motifs is 2. The van der Waals surface area contributed by atoms with Crippen molar-refractivity contribution >= 4 is 38.0 Å². The second-order valence-electron chi connectivity index (χ2n) is 3.10. The number of hydrogen-bond donors (Lipinski definition) is 2. The maximum atomic E-state index is 5.84. The third-order valence-corrected chi connectivity index (χ3v) is 3.24. The topological polar surface area (TPSA) is 41.8 Å². The summed E-state index contributed by atoms with van der Waals surface area (Å²) in [4.78, 5) is 3.19. The Morgan fingerprint density at radius 1 is 1.31 bits per heavy atom. The van der Waals surface area contributed by atoms with Gasteiger partial charge in [-0.05, 0) is 18.2 Å². The molecule has 3 aromatic rings. The first kappa shape index (κ1) is 6.97. The zero-order valence-corrected chi connectivity index (χ0v) is 7.69. The normalized spacial score (nSPS) is 11.4. The van der Waals surface area contributed by atoms with Gasteiger partial charge in [0.1, 0.15) is 0 Å². The predicted molar refractivity (Wildman–Crippen MR) is 58.1 cm³/mol. The van der Waals surface area contributed by atoms with Crippen LogP contribution in [0.25, 0.3) is 21.0 Å². The number of nitrogen functional groups attached to an aromatic ring is 1. The number of rotatable bonds is 0. The van der Waals surface area contributed by atoms with E-state index in [1.54, 1.807) is 11.3 Å². The van der Waals surface area contributed by atoms with Gasteiger partial charge in [-0.3, -0.25) is 0 Å². The molecular formula is C10H8N2S. The number of H-pyrrole nitrogens is 1. The van der Waals surface area contributed by atoms with Gasteiger partial charge in [-0.1, -0.05) is 0 Å². The van der Waals surface area contributed by atoms with Gasteiger partial charge in [-0.15, -0.1) is 11.3 Å².